The fourth-order valence-electron chi connectivity index (χ4n) is 1.77. The lowest BCUT2D eigenvalue weighted by Crippen LogP contribution is -2.09. The van der Waals surface area contributed by atoms with Crippen LogP contribution in [0.3, 0.4) is 0 Å². The van der Waals surface area contributed by atoms with Crippen molar-refractivity contribution >= 4 is 33.0 Å². The largest absolute Gasteiger partial charge is 0.319 e. The van der Waals surface area contributed by atoms with Gasteiger partial charge in [-0.2, -0.15) is 5.10 Å². The first-order valence-corrected chi connectivity index (χ1v) is 6.32. The highest BCUT2D eigenvalue weighted by Gasteiger charge is 2.10. The van der Waals surface area contributed by atoms with Gasteiger partial charge in [0.15, 0.2) is 0 Å². The zero-order chi connectivity index (χ0) is 12.5. The quantitative estimate of drug-likeness (QED) is 0.767. The summed E-state index contributed by atoms with van der Waals surface area (Å²) in [6.07, 6.45) is 3.40. The molecule has 0 saturated heterocycles. The Labute approximate surface area is 108 Å². The number of aromatic nitrogens is 2. The number of thiophene rings is 1. The molecule has 1 aromatic carbocycles. The molecule has 3 rings (SSSR count). The first-order valence-electron chi connectivity index (χ1n) is 5.51. The van der Waals surface area contributed by atoms with Gasteiger partial charge in [0.05, 0.1) is 16.8 Å². The number of aryl methyl sites for hydroxylation is 1. The van der Waals surface area contributed by atoms with Crippen molar-refractivity contribution in [2.24, 2.45) is 7.05 Å². The average Bonchev–Trinajstić information content (AvgIpc) is 2.95. The molecular weight excluding hydrogens is 246 g/mol. The van der Waals surface area contributed by atoms with E-state index in [2.05, 4.69) is 10.4 Å². The Morgan fingerprint density at radius 3 is 2.94 bits per heavy atom. The number of carbonyl (C=O) groups excluding carboxylic acids is 1. The van der Waals surface area contributed by atoms with Crippen molar-refractivity contribution in [1.29, 1.82) is 0 Å². The summed E-state index contributed by atoms with van der Waals surface area (Å²) in [5.41, 5.74) is 0.708. The van der Waals surface area contributed by atoms with E-state index in [9.17, 15) is 4.79 Å². The molecule has 0 aliphatic rings. The standard InChI is InChI=1S/C13H11N3OS/c1-16-8-10(7-14-16)15-13(17)12-6-9-4-2-3-5-11(9)18-12/h2-8H,1H3,(H,15,17). The zero-order valence-corrected chi connectivity index (χ0v) is 10.6. The summed E-state index contributed by atoms with van der Waals surface area (Å²) in [6.45, 7) is 0. The van der Waals surface area contributed by atoms with E-state index in [1.54, 1.807) is 17.1 Å². The number of amides is 1. The van der Waals surface area contributed by atoms with Gasteiger partial charge in [0.25, 0.3) is 5.91 Å². The first kappa shape index (κ1) is 11.0. The minimum absolute atomic E-state index is 0.0933. The first-order chi connectivity index (χ1) is 8.72. The van der Waals surface area contributed by atoms with Gasteiger partial charge >= 0.3 is 0 Å². The van der Waals surface area contributed by atoms with Crippen molar-refractivity contribution in [1.82, 2.24) is 9.78 Å². The van der Waals surface area contributed by atoms with Gasteiger partial charge in [-0.25, -0.2) is 0 Å². The molecule has 4 nitrogen and oxygen atoms in total. The fraction of sp³-hybridized carbons (Fsp3) is 0.0769. The number of hydrogen-bond acceptors (Lipinski definition) is 3. The van der Waals surface area contributed by atoms with E-state index in [1.807, 2.05) is 37.4 Å². The zero-order valence-electron chi connectivity index (χ0n) is 9.75. The Kier molecular flexibility index (Phi) is 2.60. The molecule has 2 heterocycles. The van der Waals surface area contributed by atoms with E-state index in [1.165, 1.54) is 11.3 Å². The minimum atomic E-state index is -0.0933. The molecule has 0 spiro atoms. The Balaban J connectivity index is 1.87. The normalized spacial score (nSPS) is 10.7. The van der Waals surface area contributed by atoms with E-state index in [0.717, 1.165) is 10.1 Å². The number of hydrogen-bond donors (Lipinski definition) is 1. The number of nitrogens with zero attached hydrogens (tertiary/aromatic N) is 2. The summed E-state index contributed by atoms with van der Waals surface area (Å²) in [7, 11) is 1.81. The van der Waals surface area contributed by atoms with Gasteiger partial charge in [-0.05, 0) is 17.5 Å². The Hall–Kier alpha value is -2.14. The second kappa shape index (κ2) is 4.27. The Morgan fingerprint density at radius 1 is 1.39 bits per heavy atom. The van der Waals surface area contributed by atoms with Crippen LogP contribution in [0, 0.1) is 0 Å². The van der Waals surface area contributed by atoms with E-state index < -0.39 is 0 Å². The van der Waals surface area contributed by atoms with Crippen molar-refractivity contribution in [3.63, 3.8) is 0 Å². The lowest BCUT2D eigenvalue weighted by molar-refractivity contribution is 0.103. The molecule has 0 bridgehead atoms. The summed E-state index contributed by atoms with van der Waals surface area (Å²) in [5.74, 6) is -0.0933. The van der Waals surface area contributed by atoms with Gasteiger partial charge in [0.1, 0.15) is 0 Å². The lowest BCUT2D eigenvalue weighted by Gasteiger charge is -1.97. The smallest absolute Gasteiger partial charge is 0.265 e. The van der Waals surface area contributed by atoms with Crippen LogP contribution in [0.2, 0.25) is 0 Å². The maximum atomic E-state index is 12.1. The third-order valence-corrected chi connectivity index (χ3v) is 3.73. The molecule has 1 N–H and O–H groups in total. The fourth-order valence-corrected chi connectivity index (χ4v) is 2.73. The maximum absolute atomic E-state index is 12.1. The molecule has 90 valence electrons. The molecule has 0 radical (unpaired) electrons. The second-order valence-electron chi connectivity index (χ2n) is 4.01. The highest BCUT2D eigenvalue weighted by Crippen LogP contribution is 2.25. The predicted molar refractivity (Wildman–Crippen MR) is 73.0 cm³/mol. The molecular formula is C13H11N3OS. The summed E-state index contributed by atoms with van der Waals surface area (Å²) in [6, 6.07) is 9.87. The SMILES string of the molecule is Cn1cc(NC(=O)c2cc3ccccc3s2)cn1. The molecule has 18 heavy (non-hydrogen) atoms. The second-order valence-corrected chi connectivity index (χ2v) is 5.09. The highest BCUT2D eigenvalue weighted by atomic mass is 32.1. The van der Waals surface area contributed by atoms with Gasteiger partial charge < -0.3 is 5.32 Å². The number of benzene rings is 1. The number of fused-ring (bicyclic) bond motifs is 1. The summed E-state index contributed by atoms with van der Waals surface area (Å²) < 4.78 is 2.77. The van der Waals surface area contributed by atoms with Gasteiger partial charge in [-0.3, -0.25) is 9.48 Å². The minimum Gasteiger partial charge on any atom is -0.319 e. The molecule has 5 heteroatoms. The van der Waals surface area contributed by atoms with Crippen LogP contribution >= 0.6 is 11.3 Å². The maximum Gasteiger partial charge on any atom is 0.265 e. The summed E-state index contributed by atoms with van der Waals surface area (Å²) in [5, 5.41) is 7.94. The van der Waals surface area contributed by atoms with Crippen molar-refractivity contribution < 1.29 is 4.79 Å². The topological polar surface area (TPSA) is 46.9 Å². The van der Waals surface area contributed by atoms with E-state index >= 15 is 0 Å². The molecule has 0 unspecified atom stereocenters. The van der Waals surface area contributed by atoms with Crippen LogP contribution in [0.1, 0.15) is 9.67 Å². The molecule has 0 saturated carbocycles. The number of nitrogens with one attached hydrogen (secondary N) is 1. The predicted octanol–water partition coefficient (Wildman–Crippen LogP) is 2.89. The summed E-state index contributed by atoms with van der Waals surface area (Å²) in [4.78, 5) is 12.8. The molecule has 0 fully saturated rings. The van der Waals surface area contributed by atoms with Gasteiger partial charge in [0.2, 0.25) is 0 Å². The molecule has 0 aliphatic heterocycles. The van der Waals surface area contributed by atoms with Gasteiger partial charge in [0, 0.05) is 17.9 Å². The summed E-state index contributed by atoms with van der Waals surface area (Å²) >= 11 is 1.49. The average molecular weight is 257 g/mol. The van der Waals surface area contributed by atoms with Crippen LogP contribution in [-0.2, 0) is 7.05 Å². The lowest BCUT2D eigenvalue weighted by atomic mass is 10.2. The van der Waals surface area contributed by atoms with Crippen LogP contribution in [0.25, 0.3) is 10.1 Å². The van der Waals surface area contributed by atoms with E-state index in [0.29, 0.717) is 10.6 Å². The molecule has 1 amide bonds. The van der Waals surface area contributed by atoms with Crippen LogP contribution in [-0.4, -0.2) is 15.7 Å². The Bertz CT molecular complexity index is 681. The van der Waals surface area contributed by atoms with Crippen LogP contribution in [0.4, 0.5) is 5.69 Å². The van der Waals surface area contributed by atoms with Crippen molar-refractivity contribution in [2.75, 3.05) is 5.32 Å². The van der Waals surface area contributed by atoms with Gasteiger partial charge in [-0.1, -0.05) is 18.2 Å². The highest BCUT2D eigenvalue weighted by molar-refractivity contribution is 7.20. The number of rotatable bonds is 2. The van der Waals surface area contributed by atoms with E-state index in [-0.39, 0.29) is 5.91 Å². The van der Waals surface area contributed by atoms with Crippen molar-refractivity contribution in [2.45, 2.75) is 0 Å². The number of carbonyl (C=O) groups is 1. The third kappa shape index (κ3) is 2.00. The molecule has 0 aliphatic carbocycles. The number of anilines is 1. The van der Waals surface area contributed by atoms with E-state index in [4.69, 9.17) is 0 Å². The van der Waals surface area contributed by atoms with Gasteiger partial charge in [-0.15, -0.1) is 11.3 Å². The molecule has 2 aromatic heterocycles. The van der Waals surface area contributed by atoms with Crippen LogP contribution < -0.4 is 5.32 Å². The Morgan fingerprint density at radius 2 is 2.22 bits per heavy atom. The monoisotopic (exact) mass is 257 g/mol. The third-order valence-electron chi connectivity index (χ3n) is 2.61. The molecule has 0 atom stereocenters. The van der Waals surface area contributed by atoms with Crippen LogP contribution in [0.15, 0.2) is 42.7 Å². The van der Waals surface area contributed by atoms with Crippen LogP contribution in [0.5, 0.6) is 0 Å². The van der Waals surface area contributed by atoms with Crippen molar-refractivity contribution in [3.8, 4) is 0 Å². The molecule has 3 aromatic rings. The van der Waals surface area contributed by atoms with Crippen molar-refractivity contribution in [3.05, 3.63) is 47.6 Å².